The van der Waals surface area contributed by atoms with Crippen molar-refractivity contribution in [3.05, 3.63) is 17.7 Å². The summed E-state index contributed by atoms with van der Waals surface area (Å²) in [4.78, 5) is 11.4. The minimum Gasteiger partial charge on any atom is -0.488 e. The molecule has 0 aromatic heterocycles. The lowest BCUT2D eigenvalue weighted by Crippen LogP contribution is -2.35. The number of nitrogens with two attached hydrogens (primary N) is 1. The molecule has 2 aliphatic rings. The highest BCUT2D eigenvalue weighted by Crippen LogP contribution is 2.35. The number of ether oxygens (including phenoxy) is 2. The third kappa shape index (κ3) is 2.58. The topological polar surface area (TPSA) is 73.6 Å². The Labute approximate surface area is 118 Å². The molecule has 0 aliphatic carbocycles. The van der Waals surface area contributed by atoms with Gasteiger partial charge in [0.15, 0.2) is 0 Å². The van der Waals surface area contributed by atoms with Gasteiger partial charge in [-0.15, -0.1) is 0 Å². The fourth-order valence-electron chi connectivity index (χ4n) is 3.00. The van der Waals surface area contributed by atoms with Gasteiger partial charge < -0.3 is 20.5 Å². The Morgan fingerprint density at radius 1 is 1.30 bits per heavy atom. The number of anilines is 2. The number of hydrogen-bond donors (Lipinski definition) is 2. The summed E-state index contributed by atoms with van der Waals surface area (Å²) in [6.07, 6.45) is 2.59. The van der Waals surface area contributed by atoms with E-state index in [0.717, 1.165) is 24.1 Å². The van der Waals surface area contributed by atoms with E-state index in [9.17, 15) is 4.79 Å². The van der Waals surface area contributed by atoms with Crippen LogP contribution in [0.4, 0.5) is 11.4 Å². The Bertz CT molecular complexity index is 534. The molecule has 108 valence electrons. The molecule has 1 fully saturated rings. The van der Waals surface area contributed by atoms with Gasteiger partial charge in [-0.05, 0) is 25.5 Å². The lowest BCUT2D eigenvalue weighted by atomic mass is 10.0. The number of fused-ring (bicyclic) bond motifs is 1. The van der Waals surface area contributed by atoms with Gasteiger partial charge in [0.25, 0.3) is 0 Å². The molecule has 2 unspecified atom stereocenters. The standard InChI is InChI=1S/C15H20N2O3/c1-8-3-11(4-9(2)19-8)20-14-7-13-10(5-12(14)16)6-15(18)17-13/h5,7-9,11H,3-4,6,16H2,1-2H3,(H,17,18). The number of benzene rings is 1. The smallest absolute Gasteiger partial charge is 0.228 e. The Balaban J connectivity index is 1.78. The van der Waals surface area contributed by atoms with Gasteiger partial charge in [0, 0.05) is 24.6 Å². The summed E-state index contributed by atoms with van der Waals surface area (Å²) in [6, 6.07) is 3.66. The van der Waals surface area contributed by atoms with E-state index in [-0.39, 0.29) is 24.2 Å². The van der Waals surface area contributed by atoms with Gasteiger partial charge in [0.2, 0.25) is 5.91 Å². The molecular formula is C15H20N2O3. The molecule has 20 heavy (non-hydrogen) atoms. The predicted octanol–water partition coefficient (Wildman–Crippen LogP) is 2.10. The molecule has 0 bridgehead atoms. The number of carbonyl (C=O) groups excluding carboxylic acids is 1. The van der Waals surface area contributed by atoms with Crippen LogP contribution in [0.25, 0.3) is 0 Å². The zero-order valence-corrected chi connectivity index (χ0v) is 11.8. The number of nitrogen functional groups attached to an aromatic ring is 1. The van der Waals surface area contributed by atoms with Crippen LogP contribution in [0.2, 0.25) is 0 Å². The molecule has 5 heteroatoms. The van der Waals surface area contributed by atoms with Crippen molar-refractivity contribution in [1.29, 1.82) is 0 Å². The first-order valence-corrected chi connectivity index (χ1v) is 7.05. The molecule has 1 saturated heterocycles. The summed E-state index contributed by atoms with van der Waals surface area (Å²) in [6.45, 7) is 4.11. The average Bonchev–Trinajstić information content (AvgIpc) is 2.67. The second-order valence-corrected chi connectivity index (χ2v) is 5.74. The van der Waals surface area contributed by atoms with Crippen LogP contribution in [0.15, 0.2) is 12.1 Å². The number of nitrogens with one attached hydrogen (secondary N) is 1. The second kappa shape index (κ2) is 4.98. The van der Waals surface area contributed by atoms with E-state index >= 15 is 0 Å². The van der Waals surface area contributed by atoms with Gasteiger partial charge in [0.05, 0.1) is 24.3 Å². The fourth-order valence-corrected chi connectivity index (χ4v) is 3.00. The Kier molecular flexibility index (Phi) is 3.30. The van der Waals surface area contributed by atoms with E-state index in [1.54, 1.807) is 0 Å². The summed E-state index contributed by atoms with van der Waals surface area (Å²) in [7, 11) is 0. The van der Waals surface area contributed by atoms with Gasteiger partial charge in [-0.1, -0.05) is 0 Å². The van der Waals surface area contributed by atoms with E-state index in [0.29, 0.717) is 17.9 Å². The quantitative estimate of drug-likeness (QED) is 0.811. The van der Waals surface area contributed by atoms with Crippen molar-refractivity contribution in [1.82, 2.24) is 0 Å². The summed E-state index contributed by atoms with van der Waals surface area (Å²) in [5.74, 6) is 0.655. The summed E-state index contributed by atoms with van der Waals surface area (Å²) >= 11 is 0. The molecule has 0 saturated carbocycles. The van der Waals surface area contributed by atoms with Crippen molar-refractivity contribution in [2.24, 2.45) is 0 Å². The SMILES string of the molecule is CC1CC(Oc2cc3c(cc2N)CC(=O)N3)CC(C)O1. The summed E-state index contributed by atoms with van der Waals surface area (Å²) in [5, 5.41) is 2.82. The van der Waals surface area contributed by atoms with Gasteiger partial charge in [-0.25, -0.2) is 0 Å². The highest BCUT2D eigenvalue weighted by atomic mass is 16.5. The minimum atomic E-state index is 0.00450. The van der Waals surface area contributed by atoms with Crippen molar-refractivity contribution in [2.45, 2.75) is 51.4 Å². The molecule has 0 spiro atoms. The number of rotatable bonds is 2. The molecule has 2 atom stereocenters. The van der Waals surface area contributed by atoms with E-state index in [1.807, 2.05) is 12.1 Å². The van der Waals surface area contributed by atoms with E-state index in [1.165, 1.54) is 0 Å². The molecule has 5 nitrogen and oxygen atoms in total. The van der Waals surface area contributed by atoms with Crippen molar-refractivity contribution >= 4 is 17.3 Å². The van der Waals surface area contributed by atoms with Crippen molar-refractivity contribution in [2.75, 3.05) is 11.1 Å². The van der Waals surface area contributed by atoms with E-state index < -0.39 is 0 Å². The maximum Gasteiger partial charge on any atom is 0.228 e. The average molecular weight is 276 g/mol. The van der Waals surface area contributed by atoms with Gasteiger partial charge in [-0.2, -0.15) is 0 Å². The fraction of sp³-hybridized carbons (Fsp3) is 0.533. The summed E-state index contributed by atoms with van der Waals surface area (Å²) in [5.41, 5.74) is 8.37. The molecular weight excluding hydrogens is 256 g/mol. The first-order valence-electron chi connectivity index (χ1n) is 7.05. The predicted molar refractivity (Wildman–Crippen MR) is 76.8 cm³/mol. The minimum absolute atomic E-state index is 0.00450. The van der Waals surface area contributed by atoms with Gasteiger partial charge in [-0.3, -0.25) is 4.79 Å². The van der Waals surface area contributed by atoms with Gasteiger partial charge >= 0.3 is 0 Å². The zero-order valence-electron chi connectivity index (χ0n) is 11.8. The Morgan fingerprint density at radius 3 is 2.70 bits per heavy atom. The highest BCUT2D eigenvalue weighted by molar-refractivity contribution is 6.00. The van der Waals surface area contributed by atoms with Crippen LogP contribution in [-0.2, 0) is 16.0 Å². The van der Waals surface area contributed by atoms with Crippen molar-refractivity contribution < 1.29 is 14.3 Å². The Morgan fingerprint density at radius 2 is 2.00 bits per heavy atom. The van der Waals surface area contributed by atoms with Crippen molar-refractivity contribution in [3.8, 4) is 5.75 Å². The maximum absolute atomic E-state index is 11.4. The van der Waals surface area contributed by atoms with Crippen LogP contribution >= 0.6 is 0 Å². The second-order valence-electron chi connectivity index (χ2n) is 5.74. The van der Waals surface area contributed by atoms with Crippen LogP contribution in [-0.4, -0.2) is 24.2 Å². The van der Waals surface area contributed by atoms with Crippen LogP contribution < -0.4 is 15.8 Å². The first kappa shape index (κ1) is 13.2. The lowest BCUT2D eigenvalue weighted by molar-refractivity contribution is -0.115. The number of hydrogen-bond acceptors (Lipinski definition) is 4. The molecule has 1 aromatic carbocycles. The van der Waals surface area contributed by atoms with Crippen LogP contribution in [0.3, 0.4) is 0 Å². The maximum atomic E-state index is 11.4. The third-order valence-corrected chi connectivity index (χ3v) is 3.81. The largest absolute Gasteiger partial charge is 0.488 e. The lowest BCUT2D eigenvalue weighted by Gasteiger charge is -2.32. The normalized spacial score (nSPS) is 28.9. The molecule has 2 heterocycles. The highest BCUT2D eigenvalue weighted by Gasteiger charge is 2.27. The zero-order chi connectivity index (χ0) is 14.3. The van der Waals surface area contributed by atoms with Crippen LogP contribution in [0.1, 0.15) is 32.3 Å². The van der Waals surface area contributed by atoms with Crippen molar-refractivity contribution in [3.63, 3.8) is 0 Å². The molecule has 1 amide bonds. The molecule has 0 radical (unpaired) electrons. The van der Waals surface area contributed by atoms with E-state index in [4.69, 9.17) is 15.2 Å². The number of carbonyl (C=O) groups is 1. The Hall–Kier alpha value is -1.75. The third-order valence-electron chi connectivity index (χ3n) is 3.81. The molecule has 1 aromatic rings. The number of amides is 1. The summed E-state index contributed by atoms with van der Waals surface area (Å²) < 4.78 is 11.7. The molecule has 2 aliphatic heterocycles. The monoisotopic (exact) mass is 276 g/mol. The molecule has 3 rings (SSSR count). The van der Waals surface area contributed by atoms with E-state index in [2.05, 4.69) is 19.2 Å². The van der Waals surface area contributed by atoms with Crippen LogP contribution in [0.5, 0.6) is 5.75 Å². The van der Waals surface area contributed by atoms with Crippen LogP contribution in [0, 0.1) is 0 Å². The first-order chi connectivity index (χ1) is 9.51. The van der Waals surface area contributed by atoms with Gasteiger partial charge in [0.1, 0.15) is 11.9 Å². The molecule has 3 N–H and O–H groups in total.